The third-order valence-corrected chi connectivity index (χ3v) is 4.23. The number of rotatable bonds is 4. The van der Waals surface area contributed by atoms with Crippen LogP contribution in [0, 0.1) is 0 Å². The molecule has 0 fully saturated rings. The summed E-state index contributed by atoms with van der Waals surface area (Å²) in [5.74, 6) is 1.72. The van der Waals surface area contributed by atoms with E-state index in [0.717, 1.165) is 5.89 Å². The molecule has 1 aliphatic rings. The summed E-state index contributed by atoms with van der Waals surface area (Å²) in [5.41, 5.74) is 2.93. The SMILES string of the molecule is CC(C)c1nnc(CN(C)[C@H]2CCCc3ccccc32)o1. The zero-order valence-electron chi connectivity index (χ0n) is 13.0. The Morgan fingerprint density at radius 1 is 1.29 bits per heavy atom. The fraction of sp³-hybridized carbons (Fsp3) is 0.529. The molecule has 0 aliphatic heterocycles. The van der Waals surface area contributed by atoms with Gasteiger partial charge in [-0.1, -0.05) is 38.1 Å². The van der Waals surface area contributed by atoms with Gasteiger partial charge in [0.05, 0.1) is 6.54 Å². The lowest BCUT2D eigenvalue weighted by molar-refractivity contribution is 0.192. The minimum absolute atomic E-state index is 0.284. The van der Waals surface area contributed by atoms with Crippen molar-refractivity contribution in [2.24, 2.45) is 0 Å². The average Bonchev–Trinajstić information content (AvgIpc) is 2.95. The van der Waals surface area contributed by atoms with Gasteiger partial charge in [0.2, 0.25) is 11.8 Å². The zero-order chi connectivity index (χ0) is 14.8. The van der Waals surface area contributed by atoms with Gasteiger partial charge in [0.15, 0.2) is 0 Å². The lowest BCUT2D eigenvalue weighted by Crippen LogP contribution is -2.27. The topological polar surface area (TPSA) is 42.2 Å². The van der Waals surface area contributed by atoms with Crippen molar-refractivity contribution in [1.82, 2.24) is 15.1 Å². The first kappa shape index (κ1) is 14.3. The Labute approximate surface area is 126 Å². The lowest BCUT2D eigenvalue weighted by atomic mass is 9.87. The van der Waals surface area contributed by atoms with Crippen LogP contribution in [0.15, 0.2) is 28.7 Å². The summed E-state index contributed by atoms with van der Waals surface area (Å²) in [5, 5.41) is 8.28. The van der Waals surface area contributed by atoms with Crippen molar-refractivity contribution in [2.75, 3.05) is 7.05 Å². The van der Waals surface area contributed by atoms with Gasteiger partial charge < -0.3 is 4.42 Å². The molecule has 0 N–H and O–H groups in total. The minimum Gasteiger partial charge on any atom is -0.424 e. The van der Waals surface area contributed by atoms with E-state index in [1.165, 1.54) is 30.4 Å². The highest BCUT2D eigenvalue weighted by Gasteiger charge is 2.24. The molecule has 4 heteroatoms. The summed E-state index contributed by atoms with van der Waals surface area (Å²) < 4.78 is 5.73. The van der Waals surface area contributed by atoms with Crippen molar-refractivity contribution < 1.29 is 4.42 Å². The second kappa shape index (κ2) is 5.98. The third kappa shape index (κ3) is 3.00. The number of aryl methyl sites for hydroxylation is 1. The van der Waals surface area contributed by atoms with Gasteiger partial charge in [-0.3, -0.25) is 4.90 Å². The van der Waals surface area contributed by atoms with Crippen LogP contribution in [0.4, 0.5) is 0 Å². The van der Waals surface area contributed by atoms with Crippen molar-refractivity contribution in [2.45, 2.75) is 51.6 Å². The maximum atomic E-state index is 5.73. The van der Waals surface area contributed by atoms with Crippen LogP contribution >= 0.6 is 0 Å². The van der Waals surface area contributed by atoms with Gasteiger partial charge in [0.1, 0.15) is 0 Å². The van der Waals surface area contributed by atoms with Crippen LogP contribution in [0.2, 0.25) is 0 Å². The predicted molar refractivity (Wildman–Crippen MR) is 82.0 cm³/mol. The van der Waals surface area contributed by atoms with Gasteiger partial charge in [0, 0.05) is 12.0 Å². The molecule has 4 nitrogen and oxygen atoms in total. The Morgan fingerprint density at radius 3 is 2.86 bits per heavy atom. The molecular formula is C17H23N3O. The molecule has 0 saturated heterocycles. The number of aromatic nitrogens is 2. The minimum atomic E-state index is 0.284. The molecule has 0 unspecified atom stereocenters. The summed E-state index contributed by atoms with van der Waals surface area (Å²) in [7, 11) is 2.14. The Kier molecular flexibility index (Phi) is 4.06. The van der Waals surface area contributed by atoms with Crippen molar-refractivity contribution in [3.05, 3.63) is 47.2 Å². The maximum Gasteiger partial charge on any atom is 0.230 e. The Morgan fingerprint density at radius 2 is 2.10 bits per heavy atom. The van der Waals surface area contributed by atoms with Crippen LogP contribution in [0.1, 0.15) is 61.6 Å². The maximum absolute atomic E-state index is 5.73. The Bertz CT molecular complexity index is 606. The number of hydrogen-bond donors (Lipinski definition) is 0. The highest BCUT2D eigenvalue weighted by atomic mass is 16.4. The van der Waals surface area contributed by atoms with E-state index < -0.39 is 0 Å². The fourth-order valence-corrected chi connectivity index (χ4v) is 3.07. The molecule has 2 aromatic rings. The first-order chi connectivity index (χ1) is 10.1. The van der Waals surface area contributed by atoms with E-state index in [0.29, 0.717) is 18.5 Å². The Balaban J connectivity index is 1.75. The second-order valence-corrected chi connectivity index (χ2v) is 6.21. The molecule has 0 amide bonds. The van der Waals surface area contributed by atoms with Crippen molar-refractivity contribution in [1.29, 1.82) is 0 Å². The summed E-state index contributed by atoms with van der Waals surface area (Å²) in [6.45, 7) is 4.84. The third-order valence-electron chi connectivity index (χ3n) is 4.23. The Hall–Kier alpha value is -1.68. The molecule has 1 aromatic carbocycles. The van der Waals surface area contributed by atoms with E-state index >= 15 is 0 Å². The highest BCUT2D eigenvalue weighted by Crippen LogP contribution is 2.34. The molecule has 112 valence electrons. The van der Waals surface area contributed by atoms with Gasteiger partial charge in [-0.2, -0.15) is 0 Å². The molecule has 21 heavy (non-hydrogen) atoms. The lowest BCUT2D eigenvalue weighted by Gasteiger charge is -2.32. The van der Waals surface area contributed by atoms with Crippen LogP contribution in [0.3, 0.4) is 0 Å². The first-order valence-corrected chi connectivity index (χ1v) is 7.75. The van der Waals surface area contributed by atoms with E-state index in [4.69, 9.17) is 4.42 Å². The molecule has 0 bridgehead atoms. The molecule has 1 aromatic heterocycles. The molecule has 0 spiro atoms. The molecule has 1 heterocycles. The van der Waals surface area contributed by atoms with Gasteiger partial charge in [0.25, 0.3) is 0 Å². The quantitative estimate of drug-likeness (QED) is 0.859. The first-order valence-electron chi connectivity index (χ1n) is 7.75. The predicted octanol–water partition coefficient (Wildman–Crippen LogP) is 3.70. The molecule has 0 saturated carbocycles. The summed E-state index contributed by atoms with van der Waals surface area (Å²) in [6.07, 6.45) is 3.63. The second-order valence-electron chi connectivity index (χ2n) is 6.21. The van der Waals surface area contributed by atoms with Gasteiger partial charge in [-0.05, 0) is 37.4 Å². The number of nitrogens with zero attached hydrogens (tertiary/aromatic N) is 3. The van der Waals surface area contributed by atoms with Gasteiger partial charge >= 0.3 is 0 Å². The van der Waals surface area contributed by atoms with E-state index in [2.05, 4.69) is 60.3 Å². The van der Waals surface area contributed by atoms with Crippen LogP contribution < -0.4 is 0 Å². The van der Waals surface area contributed by atoms with Gasteiger partial charge in [-0.25, -0.2) is 0 Å². The van der Waals surface area contributed by atoms with E-state index in [9.17, 15) is 0 Å². The molecule has 1 atom stereocenters. The standard InChI is InChI=1S/C17H23N3O/c1-12(2)17-19-18-16(21-17)11-20(3)15-10-6-8-13-7-4-5-9-14(13)15/h4-5,7,9,12,15H,6,8,10-11H2,1-3H3/t15-/m0/s1. The summed E-state index contributed by atoms with van der Waals surface area (Å²) in [6, 6.07) is 9.22. The average molecular weight is 285 g/mol. The number of fused-ring (bicyclic) bond motifs is 1. The zero-order valence-corrected chi connectivity index (χ0v) is 13.0. The molecular weight excluding hydrogens is 262 g/mol. The van der Waals surface area contributed by atoms with Crippen LogP contribution in [0.25, 0.3) is 0 Å². The van der Waals surface area contributed by atoms with E-state index in [-0.39, 0.29) is 5.92 Å². The highest BCUT2D eigenvalue weighted by molar-refractivity contribution is 5.32. The number of benzene rings is 1. The summed E-state index contributed by atoms with van der Waals surface area (Å²) in [4.78, 5) is 2.33. The van der Waals surface area contributed by atoms with Crippen LogP contribution in [-0.2, 0) is 13.0 Å². The number of hydrogen-bond acceptors (Lipinski definition) is 4. The largest absolute Gasteiger partial charge is 0.424 e. The molecule has 3 rings (SSSR count). The van der Waals surface area contributed by atoms with Crippen LogP contribution in [0.5, 0.6) is 0 Å². The van der Waals surface area contributed by atoms with E-state index in [1.54, 1.807) is 0 Å². The van der Waals surface area contributed by atoms with Crippen molar-refractivity contribution >= 4 is 0 Å². The smallest absolute Gasteiger partial charge is 0.230 e. The van der Waals surface area contributed by atoms with E-state index in [1.807, 2.05) is 0 Å². The van der Waals surface area contributed by atoms with Crippen LogP contribution in [-0.4, -0.2) is 22.1 Å². The van der Waals surface area contributed by atoms with Crippen molar-refractivity contribution in [3.63, 3.8) is 0 Å². The monoisotopic (exact) mass is 285 g/mol. The van der Waals surface area contributed by atoms with Crippen molar-refractivity contribution in [3.8, 4) is 0 Å². The fourth-order valence-electron chi connectivity index (χ4n) is 3.07. The summed E-state index contributed by atoms with van der Waals surface area (Å²) >= 11 is 0. The van der Waals surface area contributed by atoms with Gasteiger partial charge in [-0.15, -0.1) is 10.2 Å². The molecule has 0 radical (unpaired) electrons. The normalized spacial score (nSPS) is 18.2. The molecule has 1 aliphatic carbocycles.